The van der Waals surface area contributed by atoms with Crippen molar-refractivity contribution in [2.24, 2.45) is 11.7 Å². The van der Waals surface area contributed by atoms with E-state index in [1.165, 1.54) is 16.4 Å². The topological polar surface area (TPSA) is 58.4 Å². The van der Waals surface area contributed by atoms with Gasteiger partial charge in [-0.25, -0.2) is 0 Å². The Morgan fingerprint density at radius 3 is 2.43 bits per heavy atom. The molecule has 0 heterocycles. The van der Waals surface area contributed by atoms with E-state index >= 15 is 0 Å². The molecule has 0 bridgehead atoms. The summed E-state index contributed by atoms with van der Waals surface area (Å²) in [5, 5.41) is 3.04. The van der Waals surface area contributed by atoms with Gasteiger partial charge in [-0.1, -0.05) is 0 Å². The molecular formula is C14H18I3N3O. The molecular weight excluding hydrogens is 607 g/mol. The van der Waals surface area contributed by atoms with Gasteiger partial charge in [0.2, 0.25) is 5.91 Å². The molecule has 1 saturated carbocycles. The zero-order valence-corrected chi connectivity index (χ0v) is 18.2. The van der Waals surface area contributed by atoms with Crippen molar-refractivity contribution in [3.63, 3.8) is 0 Å². The molecule has 4 nitrogen and oxygen atoms in total. The second-order valence-electron chi connectivity index (χ2n) is 5.35. The number of halogens is 3. The molecule has 1 fully saturated rings. The van der Waals surface area contributed by atoms with Crippen LogP contribution in [0.1, 0.15) is 12.8 Å². The standard InChI is InChI=1S/C14H18I3N3O/c1-20(12(6-18)8-2-3-8)7-13(21)19-14-10(16)4-9(15)5-11(14)17/h4-5,8,12H,2-3,6-7,18H2,1H3,(H,19,21). The maximum Gasteiger partial charge on any atom is 0.238 e. The van der Waals surface area contributed by atoms with Crippen LogP contribution >= 0.6 is 67.8 Å². The number of nitrogens with one attached hydrogen (secondary N) is 1. The van der Waals surface area contributed by atoms with Gasteiger partial charge < -0.3 is 11.1 Å². The van der Waals surface area contributed by atoms with Gasteiger partial charge >= 0.3 is 0 Å². The Kier molecular flexibility index (Phi) is 6.97. The largest absolute Gasteiger partial charge is 0.329 e. The summed E-state index contributed by atoms with van der Waals surface area (Å²) < 4.78 is 3.31. The maximum atomic E-state index is 12.3. The van der Waals surface area contributed by atoms with Crippen molar-refractivity contribution in [2.45, 2.75) is 18.9 Å². The van der Waals surface area contributed by atoms with Crippen LogP contribution in [0.3, 0.4) is 0 Å². The van der Waals surface area contributed by atoms with Gasteiger partial charge in [-0.05, 0) is 106 Å². The average Bonchev–Trinajstić information content (AvgIpc) is 3.19. The molecule has 21 heavy (non-hydrogen) atoms. The highest BCUT2D eigenvalue weighted by Gasteiger charge is 2.33. The van der Waals surface area contributed by atoms with Crippen LogP contribution in [-0.4, -0.2) is 37.0 Å². The second-order valence-corrected chi connectivity index (χ2v) is 8.92. The predicted octanol–water partition coefficient (Wildman–Crippen LogP) is 3.11. The van der Waals surface area contributed by atoms with E-state index in [-0.39, 0.29) is 5.91 Å². The lowest BCUT2D eigenvalue weighted by atomic mass is 10.1. The quantitative estimate of drug-likeness (QED) is 0.479. The summed E-state index contributed by atoms with van der Waals surface area (Å²) in [5.74, 6) is 0.694. The van der Waals surface area contributed by atoms with E-state index in [2.05, 4.69) is 90.1 Å². The second kappa shape index (κ2) is 8.06. The fourth-order valence-electron chi connectivity index (χ4n) is 2.40. The van der Waals surface area contributed by atoms with Crippen LogP contribution in [-0.2, 0) is 4.79 Å². The van der Waals surface area contributed by atoms with Gasteiger partial charge in [0.15, 0.2) is 0 Å². The van der Waals surface area contributed by atoms with Gasteiger partial charge in [0.1, 0.15) is 0 Å². The van der Waals surface area contributed by atoms with E-state index in [9.17, 15) is 4.79 Å². The maximum absolute atomic E-state index is 12.3. The normalized spacial score (nSPS) is 16.1. The molecule has 0 spiro atoms. The third-order valence-corrected chi connectivity index (χ3v) is 5.96. The lowest BCUT2D eigenvalue weighted by molar-refractivity contribution is -0.117. The van der Waals surface area contributed by atoms with Crippen molar-refractivity contribution < 1.29 is 4.79 Å². The number of hydrogen-bond acceptors (Lipinski definition) is 3. The molecule has 1 unspecified atom stereocenters. The van der Waals surface area contributed by atoms with Crippen molar-refractivity contribution in [1.29, 1.82) is 0 Å². The van der Waals surface area contributed by atoms with Gasteiger partial charge in [0, 0.05) is 23.3 Å². The Labute approximate surface area is 166 Å². The number of carbonyl (C=O) groups excluding carboxylic acids is 1. The first kappa shape index (κ1) is 18.1. The zero-order valence-electron chi connectivity index (χ0n) is 11.7. The fourth-order valence-corrected chi connectivity index (χ4v) is 6.25. The van der Waals surface area contributed by atoms with Crippen LogP contribution in [0.4, 0.5) is 5.69 Å². The third-order valence-electron chi connectivity index (χ3n) is 3.64. The summed E-state index contributed by atoms with van der Waals surface area (Å²) in [6.07, 6.45) is 2.47. The van der Waals surface area contributed by atoms with Gasteiger partial charge in [-0.2, -0.15) is 0 Å². The first-order valence-electron chi connectivity index (χ1n) is 6.77. The van der Waals surface area contributed by atoms with E-state index in [1.54, 1.807) is 0 Å². The highest BCUT2D eigenvalue weighted by molar-refractivity contribution is 14.1. The minimum atomic E-state index is 0.0219. The number of carbonyl (C=O) groups is 1. The lowest BCUT2D eigenvalue weighted by Crippen LogP contribution is -2.43. The van der Waals surface area contributed by atoms with Crippen molar-refractivity contribution in [3.05, 3.63) is 22.8 Å². The van der Waals surface area contributed by atoms with Crippen molar-refractivity contribution in [1.82, 2.24) is 4.90 Å². The average molecular weight is 625 g/mol. The van der Waals surface area contributed by atoms with E-state index in [4.69, 9.17) is 5.73 Å². The summed E-state index contributed by atoms with van der Waals surface area (Å²) >= 11 is 6.81. The van der Waals surface area contributed by atoms with Gasteiger partial charge in [-0.3, -0.25) is 9.69 Å². The van der Waals surface area contributed by atoms with E-state index < -0.39 is 0 Å². The first-order chi connectivity index (χ1) is 9.92. The Hall–Kier alpha value is 0.800. The molecule has 116 valence electrons. The molecule has 0 saturated heterocycles. The number of rotatable bonds is 6. The zero-order chi connectivity index (χ0) is 15.6. The van der Waals surface area contributed by atoms with E-state index in [0.717, 1.165) is 12.8 Å². The molecule has 1 aliphatic carbocycles. The Balaban J connectivity index is 1.98. The van der Waals surface area contributed by atoms with Crippen molar-refractivity contribution in [2.75, 3.05) is 25.5 Å². The van der Waals surface area contributed by atoms with E-state index in [1.807, 2.05) is 7.05 Å². The lowest BCUT2D eigenvalue weighted by Gasteiger charge is -2.26. The fraction of sp³-hybridized carbons (Fsp3) is 0.500. The molecule has 1 aromatic rings. The number of likely N-dealkylation sites (N-methyl/N-ethyl adjacent to an activating group) is 1. The molecule has 1 amide bonds. The molecule has 1 aliphatic rings. The Morgan fingerprint density at radius 2 is 1.95 bits per heavy atom. The summed E-state index contributed by atoms with van der Waals surface area (Å²) in [5.41, 5.74) is 6.74. The number of nitrogens with two attached hydrogens (primary N) is 1. The summed E-state index contributed by atoms with van der Waals surface area (Å²) in [6.45, 7) is 1.00. The van der Waals surface area contributed by atoms with Gasteiger partial charge in [0.05, 0.1) is 12.2 Å². The minimum Gasteiger partial charge on any atom is -0.329 e. The van der Waals surface area contributed by atoms with E-state index in [0.29, 0.717) is 25.0 Å². The number of amides is 1. The number of nitrogens with zero attached hydrogens (tertiary/aromatic N) is 1. The third kappa shape index (κ3) is 5.15. The SMILES string of the molecule is CN(CC(=O)Nc1c(I)cc(I)cc1I)C(CN)C1CC1. The van der Waals surface area contributed by atoms with Gasteiger partial charge in [-0.15, -0.1) is 0 Å². The van der Waals surface area contributed by atoms with Crippen LogP contribution in [0.5, 0.6) is 0 Å². The minimum absolute atomic E-state index is 0.0219. The summed E-state index contributed by atoms with van der Waals surface area (Å²) in [6, 6.07) is 4.45. The van der Waals surface area contributed by atoms with Crippen LogP contribution in [0.2, 0.25) is 0 Å². The summed E-state index contributed by atoms with van der Waals surface area (Å²) in [7, 11) is 1.99. The highest BCUT2D eigenvalue weighted by atomic mass is 127. The molecule has 0 aliphatic heterocycles. The van der Waals surface area contributed by atoms with Crippen molar-refractivity contribution >= 4 is 79.4 Å². The Bertz CT molecular complexity index is 511. The molecule has 3 N–H and O–H groups in total. The monoisotopic (exact) mass is 625 g/mol. The molecule has 7 heteroatoms. The van der Waals surface area contributed by atoms with Crippen LogP contribution < -0.4 is 11.1 Å². The molecule has 1 atom stereocenters. The van der Waals surface area contributed by atoms with Crippen LogP contribution in [0.25, 0.3) is 0 Å². The highest BCUT2D eigenvalue weighted by Crippen LogP contribution is 2.34. The van der Waals surface area contributed by atoms with Crippen LogP contribution in [0, 0.1) is 16.6 Å². The molecule has 0 radical (unpaired) electrons. The molecule has 2 rings (SSSR count). The summed E-state index contributed by atoms with van der Waals surface area (Å²) in [4.78, 5) is 14.4. The van der Waals surface area contributed by atoms with Crippen LogP contribution in [0.15, 0.2) is 12.1 Å². The van der Waals surface area contributed by atoms with Gasteiger partial charge in [0.25, 0.3) is 0 Å². The number of benzene rings is 1. The Morgan fingerprint density at radius 1 is 1.38 bits per heavy atom. The molecule has 1 aromatic carbocycles. The number of anilines is 1. The number of hydrogen-bond donors (Lipinski definition) is 2. The predicted molar refractivity (Wildman–Crippen MR) is 111 cm³/mol. The van der Waals surface area contributed by atoms with Crippen molar-refractivity contribution in [3.8, 4) is 0 Å². The smallest absolute Gasteiger partial charge is 0.238 e. The first-order valence-corrected chi connectivity index (χ1v) is 10.0. The molecule has 0 aromatic heterocycles.